The molecule has 0 aliphatic heterocycles. The normalized spacial score (nSPS) is 19.1. The minimum absolute atomic E-state index is 0.247. The van der Waals surface area contributed by atoms with Crippen molar-refractivity contribution in [2.45, 2.75) is 50.4 Å². The number of rotatable bonds is 7. The van der Waals surface area contributed by atoms with Crippen LogP contribution in [0.3, 0.4) is 0 Å². The summed E-state index contributed by atoms with van der Waals surface area (Å²) in [5, 5.41) is 7.73. The maximum absolute atomic E-state index is 11.6. The lowest BCUT2D eigenvalue weighted by atomic mass is 10.3. The van der Waals surface area contributed by atoms with Crippen molar-refractivity contribution in [2.75, 3.05) is 13.2 Å². The molecule has 0 spiro atoms. The first kappa shape index (κ1) is 14.4. The van der Waals surface area contributed by atoms with Crippen LogP contribution in [0.1, 0.15) is 39.0 Å². The van der Waals surface area contributed by atoms with Crippen molar-refractivity contribution >= 4 is 10.0 Å². The second-order valence-electron chi connectivity index (χ2n) is 4.24. The first-order valence-corrected chi connectivity index (χ1v) is 7.64. The van der Waals surface area contributed by atoms with Gasteiger partial charge in [0, 0.05) is 6.54 Å². The molecule has 1 saturated carbocycles. The van der Waals surface area contributed by atoms with E-state index < -0.39 is 15.3 Å². The number of nitrogens with zero attached hydrogens (tertiary/aromatic N) is 1. The number of hydrogen-bond acceptors (Lipinski definition) is 4. The summed E-state index contributed by atoms with van der Waals surface area (Å²) in [4.78, 5) is 0. The summed E-state index contributed by atoms with van der Waals surface area (Å²) in [7, 11) is -3.51. The van der Waals surface area contributed by atoms with E-state index in [0.29, 0.717) is 13.0 Å². The van der Waals surface area contributed by atoms with Gasteiger partial charge >= 0.3 is 0 Å². The molecule has 0 radical (unpaired) electrons. The molecule has 0 amide bonds. The third kappa shape index (κ3) is 4.62. The van der Waals surface area contributed by atoms with Crippen molar-refractivity contribution in [3.8, 4) is 6.07 Å². The van der Waals surface area contributed by atoms with Gasteiger partial charge in [0.25, 0.3) is 0 Å². The molecule has 1 fully saturated rings. The molecule has 5 nitrogen and oxygen atoms in total. The van der Waals surface area contributed by atoms with Crippen LogP contribution < -0.4 is 4.72 Å². The lowest BCUT2D eigenvalue weighted by Gasteiger charge is -2.13. The smallest absolute Gasteiger partial charge is 0.228 e. The molecular weight excluding hydrogens is 240 g/mol. The average molecular weight is 260 g/mol. The Bertz CT molecular complexity index is 355. The zero-order valence-electron chi connectivity index (χ0n) is 10.2. The van der Waals surface area contributed by atoms with E-state index in [-0.39, 0.29) is 12.6 Å². The van der Waals surface area contributed by atoms with Gasteiger partial charge in [-0.1, -0.05) is 19.8 Å². The van der Waals surface area contributed by atoms with Crippen LogP contribution in [0.25, 0.3) is 0 Å². The van der Waals surface area contributed by atoms with Gasteiger partial charge in [0.15, 0.2) is 5.25 Å². The summed E-state index contributed by atoms with van der Waals surface area (Å²) in [6, 6.07) is 1.78. The van der Waals surface area contributed by atoms with E-state index in [1.165, 1.54) is 12.8 Å². The Morgan fingerprint density at radius 3 is 2.65 bits per heavy atom. The van der Waals surface area contributed by atoms with Crippen molar-refractivity contribution in [1.29, 1.82) is 5.26 Å². The van der Waals surface area contributed by atoms with Gasteiger partial charge in [-0.05, 0) is 19.3 Å². The Kier molecular flexibility index (Phi) is 5.89. The predicted molar refractivity (Wildman–Crippen MR) is 64.8 cm³/mol. The Hall–Kier alpha value is -0.640. The maximum atomic E-state index is 11.6. The van der Waals surface area contributed by atoms with Crippen molar-refractivity contribution in [1.82, 2.24) is 4.72 Å². The van der Waals surface area contributed by atoms with Gasteiger partial charge in [-0.25, -0.2) is 13.1 Å². The van der Waals surface area contributed by atoms with Crippen molar-refractivity contribution in [3.63, 3.8) is 0 Å². The van der Waals surface area contributed by atoms with Crippen LogP contribution >= 0.6 is 0 Å². The van der Waals surface area contributed by atoms with E-state index >= 15 is 0 Å². The van der Waals surface area contributed by atoms with Crippen molar-refractivity contribution in [3.05, 3.63) is 0 Å². The number of hydrogen-bond donors (Lipinski definition) is 1. The van der Waals surface area contributed by atoms with Gasteiger partial charge in [-0.2, -0.15) is 5.26 Å². The van der Waals surface area contributed by atoms with Crippen LogP contribution in [0.15, 0.2) is 0 Å². The second kappa shape index (κ2) is 6.94. The number of nitriles is 1. The number of ether oxygens (including phenoxy) is 1. The van der Waals surface area contributed by atoms with Gasteiger partial charge < -0.3 is 4.74 Å². The number of nitrogens with one attached hydrogen (secondary N) is 1. The lowest BCUT2D eigenvalue weighted by Crippen LogP contribution is -2.35. The standard InChI is InChI=1S/C11H20N2O3S/c1-2-11(9-12)17(14,15)13-7-8-16-10-5-3-4-6-10/h10-11,13H,2-8H2,1H3. The molecular formula is C11H20N2O3S. The van der Waals surface area contributed by atoms with E-state index in [4.69, 9.17) is 10.00 Å². The van der Waals surface area contributed by atoms with Gasteiger partial charge in [0.1, 0.15) is 0 Å². The first-order chi connectivity index (χ1) is 8.10. The highest BCUT2D eigenvalue weighted by Gasteiger charge is 2.22. The summed E-state index contributed by atoms with van der Waals surface area (Å²) in [5.74, 6) is 0. The molecule has 1 unspecified atom stereocenters. The summed E-state index contributed by atoms with van der Waals surface area (Å²) >= 11 is 0. The molecule has 0 aromatic carbocycles. The highest BCUT2D eigenvalue weighted by molar-refractivity contribution is 7.90. The van der Waals surface area contributed by atoms with Crippen molar-refractivity contribution < 1.29 is 13.2 Å². The molecule has 1 aliphatic carbocycles. The third-order valence-electron chi connectivity index (χ3n) is 2.95. The molecule has 1 aliphatic rings. The van der Waals surface area contributed by atoms with Crippen LogP contribution in [0.4, 0.5) is 0 Å². The zero-order valence-corrected chi connectivity index (χ0v) is 11.0. The van der Waals surface area contributed by atoms with Gasteiger partial charge in [0.2, 0.25) is 10.0 Å². The van der Waals surface area contributed by atoms with E-state index in [0.717, 1.165) is 12.8 Å². The fourth-order valence-electron chi connectivity index (χ4n) is 1.95. The minimum Gasteiger partial charge on any atom is -0.377 e. The van der Waals surface area contributed by atoms with Crippen LogP contribution in [-0.2, 0) is 14.8 Å². The third-order valence-corrected chi connectivity index (χ3v) is 4.74. The monoisotopic (exact) mass is 260 g/mol. The molecule has 0 bridgehead atoms. The Labute approximate surface area is 103 Å². The summed E-state index contributed by atoms with van der Waals surface area (Å²) in [5.41, 5.74) is 0. The highest BCUT2D eigenvalue weighted by atomic mass is 32.2. The quantitative estimate of drug-likeness (QED) is 0.697. The fourth-order valence-corrected chi connectivity index (χ4v) is 3.09. The van der Waals surface area contributed by atoms with Crippen LogP contribution in [0.5, 0.6) is 0 Å². The van der Waals surface area contributed by atoms with E-state index in [1.54, 1.807) is 13.0 Å². The molecule has 0 saturated heterocycles. The maximum Gasteiger partial charge on any atom is 0.228 e. The van der Waals surface area contributed by atoms with Gasteiger partial charge in [-0.3, -0.25) is 0 Å². The van der Waals surface area contributed by atoms with Crippen LogP contribution in [-0.4, -0.2) is 32.9 Å². The molecule has 1 rings (SSSR count). The minimum atomic E-state index is -3.51. The zero-order chi connectivity index (χ0) is 12.7. The molecule has 6 heteroatoms. The van der Waals surface area contributed by atoms with E-state index in [1.807, 2.05) is 0 Å². The van der Waals surface area contributed by atoms with Gasteiger partial charge in [-0.15, -0.1) is 0 Å². The average Bonchev–Trinajstić information content (AvgIpc) is 2.78. The molecule has 0 heterocycles. The first-order valence-electron chi connectivity index (χ1n) is 6.10. The summed E-state index contributed by atoms with van der Waals surface area (Å²) < 4.78 is 31.1. The molecule has 98 valence electrons. The predicted octanol–water partition coefficient (Wildman–Crippen LogP) is 1.17. The Morgan fingerprint density at radius 2 is 2.12 bits per heavy atom. The second-order valence-corrected chi connectivity index (χ2v) is 6.19. The Morgan fingerprint density at radius 1 is 1.47 bits per heavy atom. The highest BCUT2D eigenvalue weighted by Crippen LogP contribution is 2.20. The fraction of sp³-hybridized carbons (Fsp3) is 0.909. The molecule has 1 N–H and O–H groups in total. The van der Waals surface area contributed by atoms with Crippen LogP contribution in [0.2, 0.25) is 0 Å². The molecule has 0 aromatic rings. The molecule has 17 heavy (non-hydrogen) atoms. The molecule has 1 atom stereocenters. The SMILES string of the molecule is CCC(C#N)S(=O)(=O)NCCOC1CCCC1. The van der Waals surface area contributed by atoms with Gasteiger partial charge in [0.05, 0.1) is 18.8 Å². The topological polar surface area (TPSA) is 79.2 Å². The Balaban J connectivity index is 2.23. The summed E-state index contributed by atoms with van der Waals surface area (Å²) in [6.45, 7) is 2.31. The number of sulfonamides is 1. The molecule has 0 aromatic heterocycles. The van der Waals surface area contributed by atoms with Crippen molar-refractivity contribution in [2.24, 2.45) is 0 Å². The summed E-state index contributed by atoms with van der Waals surface area (Å²) in [6.07, 6.45) is 5.13. The van der Waals surface area contributed by atoms with E-state index in [2.05, 4.69) is 4.72 Å². The largest absolute Gasteiger partial charge is 0.377 e. The van der Waals surface area contributed by atoms with Crippen LogP contribution in [0, 0.1) is 11.3 Å². The van der Waals surface area contributed by atoms with E-state index in [9.17, 15) is 8.42 Å². The lowest BCUT2D eigenvalue weighted by molar-refractivity contribution is 0.0626.